The normalized spacial score (nSPS) is 11.0. The van der Waals surface area contributed by atoms with Crippen LogP contribution in [0.1, 0.15) is 36.1 Å². The highest BCUT2D eigenvalue weighted by Crippen LogP contribution is 2.38. The monoisotopic (exact) mass is 666 g/mol. The highest BCUT2D eigenvalue weighted by atomic mass is 79.9. The molecule has 0 aliphatic heterocycles. The van der Waals surface area contributed by atoms with E-state index in [-0.39, 0.29) is 18.9 Å². The van der Waals surface area contributed by atoms with Crippen LogP contribution in [0.4, 0.5) is 0 Å². The van der Waals surface area contributed by atoms with Crippen molar-refractivity contribution in [3.05, 3.63) is 130 Å². The van der Waals surface area contributed by atoms with Gasteiger partial charge >= 0.3 is 0 Å². The Balaban J connectivity index is 1.23. The van der Waals surface area contributed by atoms with E-state index in [1.807, 2.05) is 117 Å². The van der Waals surface area contributed by atoms with Crippen molar-refractivity contribution in [1.82, 2.24) is 5.43 Å². The maximum Gasteiger partial charge on any atom is 0.244 e. The average Bonchev–Trinajstić information content (AvgIpc) is 3.05. The van der Waals surface area contributed by atoms with Gasteiger partial charge in [-0.05, 0) is 87.1 Å². The number of nitrogens with zero attached hydrogens (tertiary/aromatic N) is 1. The number of rotatable bonds is 14. The molecule has 0 aromatic heterocycles. The number of hydrogen-bond donors (Lipinski definition) is 1. The van der Waals surface area contributed by atoms with Gasteiger partial charge in [-0.15, -0.1) is 0 Å². The van der Waals surface area contributed by atoms with Gasteiger partial charge in [-0.1, -0.05) is 78.9 Å². The van der Waals surface area contributed by atoms with Crippen LogP contribution < -0.4 is 24.4 Å². The molecule has 0 aliphatic rings. The van der Waals surface area contributed by atoms with E-state index in [4.69, 9.17) is 18.9 Å². The summed E-state index contributed by atoms with van der Waals surface area (Å²) >= 11 is 3.62. The zero-order valence-electron chi connectivity index (χ0n) is 25.3. The maximum absolute atomic E-state index is 12.6. The summed E-state index contributed by atoms with van der Waals surface area (Å²) < 4.78 is 24.7. The molecule has 5 aromatic carbocycles. The minimum absolute atomic E-state index is 0.199. The van der Waals surface area contributed by atoms with Crippen molar-refractivity contribution in [2.75, 3.05) is 13.2 Å². The summed E-state index contributed by atoms with van der Waals surface area (Å²) in [4.78, 5) is 12.6. The van der Waals surface area contributed by atoms with Crippen LogP contribution in [0.25, 0.3) is 10.8 Å². The number of amides is 1. The molecule has 0 radical (unpaired) electrons. The molecular formula is C37H35BrN2O5. The Hall–Kier alpha value is -4.82. The number of hydrogen-bond acceptors (Lipinski definition) is 6. The molecule has 45 heavy (non-hydrogen) atoms. The van der Waals surface area contributed by atoms with E-state index in [1.54, 1.807) is 6.21 Å². The molecule has 0 bridgehead atoms. The lowest BCUT2D eigenvalue weighted by Crippen LogP contribution is -2.19. The van der Waals surface area contributed by atoms with Crippen molar-refractivity contribution < 1.29 is 23.7 Å². The van der Waals surface area contributed by atoms with Crippen LogP contribution in [-0.2, 0) is 24.4 Å². The predicted molar refractivity (Wildman–Crippen MR) is 181 cm³/mol. The smallest absolute Gasteiger partial charge is 0.244 e. The van der Waals surface area contributed by atoms with Gasteiger partial charge in [0.2, 0.25) is 5.91 Å². The topological polar surface area (TPSA) is 78.4 Å². The molecule has 0 fully saturated rings. The molecule has 0 aliphatic carbocycles. The van der Waals surface area contributed by atoms with Gasteiger partial charge in [-0.2, -0.15) is 5.10 Å². The lowest BCUT2D eigenvalue weighted by atomic mass is 10.0. The Labute approximate surface area is 271 Å². The highest BCUT2D eigenvalue weighted by Gasteiger charge is 2.14. The molecule has 0 heterocycles. The standard InChI is InChI=1S/C37H35BrN2O5/c1-3-42-34-20-27(17-18-33(34)44-24-26-11-6-5-7-12-26)25-45-37-32(38)19-28(21-35(37)43-4-2)23-39-40-36(41)22-30-15-10-14-29-13-8-9-16-31(29)30/h5-21,23H,3-4,22,24-25H2,1-2H3,(H,40,41)/b39-23+. The van der Waals surface area contributed by atoms with Gasteiger partial charge in [0.1, 0.15) is 13.2 Å². The molecule has 0 unspecified atom stereocenters. The molecule has 7 nitrogen and oxygen atoms in total. The minimum Gasteiger partial charge on any atom is -0.490 e. The average molecular weight is 668 g/mol. The van der Waals surface area contributed by atoms with Gasteiger partial charge in [0.25, 0.3) is 0 Å². The Morgan fingerprint density at radius 2 is 1.47 bits per heavy atom. The number of carbonyl (C=O) groups is 1. The molecule has 1 amide bonds. The van der Waals surface area contributed by atoms with E-state index in [0.717, 1.165) is 33.0 Å². The van der Waals surface area contributed by atoms with Crippen molar-refractivity contribution in [3.8, 4) is 23.0 Å². The van der Waals surface area contributed by atoms with Crippen LogP contribution in [0.2, 0.25) is 0 Å². The summed E-state index contributed by atoms with van der Waals surface area (Å²) in [6, 6.07) is 33.5. The fraction of sp³-hybridized carbons (Fsp3) is 0.189. The number of halogens is 1. The van der Waals surface area contributed by atoms with Gasteiger partial charge in [-0.25, -0.2) is 5.43 Å². The Morgan fingerprint density at radius 3 is 2.29 bits per heavy atom. The quantitative estimate of drug-likeness (QED) is 0.0954. The van der Waals surface area contributed by atoms with E-state index >= 15 is 0 Å². The summed E-state index contributed by atoms with van der Waals surface area (Å²) in [7, 11) is 0. The summed E-state index contributed by atoms with van der Waals surface area (Å²) in [6.07, 6.45) is 1.81. The third-order valence-corrected chi connectivity index (χ3v) is 7.48. The second-order valence-corrected chi connectivity index (χ2v) is 11.0. The van der Waals surface area contributed by atoms with E-state index in [9.17, 15) is 4.79 Å². The maximum atomic E-state index is 12.6. The molecular weight excluding hydrogens is 632 g/mol. The van der Waals surface area contributed by atoms with Crippen LogP contribution in [-0.4, -0.2) is 25.3 Å². The molecule has 230 valence electrons. The van der Waals surface area contributed by atoms with Crippen molar-refractivity contribution in [2.45, 2.75) is 33.5 Å². The molecule has 0 saturated carbocycles. The van der Waals surface area contributed by atoms with Gasteiger partial charge < -0.3 is 18.9 Å². The third-order valence-electron chi connectivity index (χ3n) is 6.89. The number of ether oxygens (including phenoxy) is 4. The molecule has 1 N–H and O–H groups in total. The van der Waals surface area contributed by atoms with Crippen LogP contribution in [0, 0.1) is 0 Å². The number of hydrazone groups is 1. The van der Waals surface area contributed by atoms with E-state index in [2.05, 4.69) is 26.5 Å². The van der Waals surface area contributed by atoms with Gasteiger partial charge in [-0.3, -0.25) is 4.79 Å². The van der Waals surface area contributed by atoms with Crippen LogP contribution in [0.5, 0.6) is 23.0 Å². The summed E-state index contributed by atoms with van der Waals surface area (Å²) in [5.74, 6) is 2.26. The molecule has 8 heteroatoms. The molecule has 0 atom stereocenters. The van der Waals surface area contributed by atoms with Gasteiger partial charge in [0.15, 0.2) is 23.0 Å². The van der Waals surface area contributed by atoms with Gasteiger partial charge in [0, 0.05) is 0 Å². The Kier molecular flexibility index (Phi) is 11.1. The van der Waals surface area contributed by atoms with Crippen LogP contribution >= 0.6 is 15.9 Å². The van der Waals surface area contributed by atoms with E-state index in [0.29, 0.717) is 47.3 Å². The highest BCUT2D eigenvalue weighted by molar-refractivity contribution is 9.10. The predicted octanol–water partition coefficient (Wildman–Crippen LogP) is 8.25. The molecule has 0 spiro atoms. The molecule has 0 saturated heterocycles. The summed E-state index contributed by atoms with van der Waals surface area (Å²) in [5.41, 5.74) is 6.32. The first kappa shape index (κ1) is 31.6. The fourth-order valence-corrected chi connectivity index (χ4v) is 5.40. The molecule has 5 aromatic rings. The number of fused-ring (bicyclic) bond motifs is 1. The Bertz CT molecular complexity index is 1770. The van der Waals surface area contributed by atoms with Crippen molar-refractivity contribution in [1.29, 1.82) is 0 Å². The van der Waals surface area contributed by atoms with Crippen molar-refractivity contribution in [3.63, 3.8) is 0 Å². The second kappa shape index (κ2) is 15.8. The summed E-state index contributed by atoms with van der Waals surface area (Å²) in [5, 5.41) is 6.34. The zero-order chi connectivity index (χ0) is 31.4. The Morgan fingerprint density at radius 1 is 0.733 bits per heavy atom. The van der Waals surface area contributed by atoms with E-state index in [1.165, 1.54) is 0 Å². The fourth-order valence-electron chi connectivity index (χ4n) is 4.82. The third kappa shape index (κ3) is 8.64. The first-order valence-electron chi connectivity index (χ1n) is 14.8. The lowest BCUT2D eigenvalue weighted by molar-refractivity contribution is -0.120. The zero-order valence-corrected chi connectivity index (χ0v) is 26.9. The van der Waals surface area contributed by atoms with Gasteiger partial charge in [0.05, 0.1) is 30.3 Å². The first-order valence-corrected chi connectivity index (χ1v) is 15.6. The van der Waals surface area contributed by atoms with Crippen LogP contribution in [0.3, 0.4) is 0 Å². The minimum atomic E-state index is -0.199. The second-order valence-electron chi connectivity index (χ2n) is 10.1. The van der Waals surface area contributed by atoms with Crippen LogP contribution in [0.15, 0.2) is 113 Å². The molecule has 5 rings (SSSR count). The number of nitrogens with one attached hydrogen (secondary N) is 1. The van der Waals surface area contributed by atoms with Crippen molar-refractivity contribution >= 4 is 38.8 Å². The van der Waals surface area contributed by atoms with Crippen molar-refractivity contribution in [2.24, 2.45) is 5.10 Å². The largest absolute Gasteiger partial charge is 0.490 e. The SMILES string of the molecule is CCOc1cc(COc2c(Br)cc(/C=N/NC(=O)Cc3cccc4ccccc34)cc2OCC)ccc1OCc1ccccc1. The summed E-state index contributed by atoms with van der Waals surface area (Å²) in [6.45, 7) is 5.55. The number of carbonyl (C=O) groups excluding carboxylic acids is 1. The number of benzene rings is 5. The van der Waals surface area contributed by atoms with E-state index < -0.39 is 0 Å². The lowest BCUT2D eigenvalue weighted by Gasteiger charge is -2.16. The first-order chi connectivity index (χ1) is 22.0.